The molecule has 2 aromatic heterocycles. The third-order valence-corrected chi connectivity index (χ3v) is 4.10. The summed E-state index contributed by atoms with van der Waals surface area (Å²) in [6.45, 7) is 4.50. The van der Waals surface area contributed by atoms with Crippen LogP contribution in [0.4, 0.5) is 0 Å². The van der Waals surface area contributed by atoms with Crippen LogP contribution >= 0.6 is 0 Å². The van der Waals surface area contributed by atoms with Gasteiger partial charge in [-0.25, -0.2) is 5.10 Å². The first kappa shape index (κ1) is 17.6. The van der Waals surface area contributed by atoms with Crippen molar-refractivity contribution >= 4 is 5.91 Å². The molecule has 0 fully saturated rings. The number of carbonyl (C=O) groups excluding carboxylic acids is 1. The van der Waals surface area contributed by atoms with E-state index in [0.29, 0.717) is 22.4 Å². The van der Waals surface area contributed by atoms with Gasteiger partial charge in [0.15, 0.2) is 0 Å². The van der Waals surface area contributed by atoms with Gasteiger partial charge < -0.3 is 5.32 Å². The van der Waals surface area contributed by atoms with Crippen LogP contribution in [0.5, 0.6) is 0 Å². The molecule has 2 heterocycles. The predicted octanol–water partition coefficient (Wildman–Crippen LogP) is 2.15. The molecule has 3 rings (SSSR count). The maximum atomic E-state index is 12.5. The lowest BCUT2D eigenvalue weighted by molar-refractivity contribution is 0.0937. The van der Waals surface area contributed by atoms with E-state index >= 15 is 0 Å². The van der Waals surface area contributed by atoms with Gasteiger partial charge in [-0.05, 0) is 50.1 Å². The van der Waals surface area contributed by atoms with Crippen LogP contribution in [0, 0.1) is 6.92 Å². The zero-order chi connectivity index (χ0) is 18.5. The van der Waals surface area contributed by atoms with Gasteiger partial charge in [0.1, 0.15) is 0 Å². The molecule has 0 bridgehead atoms. The summed E-state index contributed by atoms with van der Waals surface area (Å²) in [5.41, 5.74) is 2.14. The minimum Gasteiger partial charge on any atom is -0.350 e. The van der Waals surface area contributed by atoms with E-state index in [1.54, 1.807) is 37.4 Å². The van der Waals surface area contributed by atoms with E-state index in [1.807, 2.05) is 29.9 Å². The molecule has 134 valence electrons. The van der Waals surface area contributed by atoms with Crippen molar-refractivity contribution in [2.24, 2.45) is 0 Å². The van der Waals surface area contributed by atoms with Gasteiger partial charge in [0.2, 0.25) is 0 Å². The highest BCUT2D eigenvalue weighted by Crippen LogP contribution is 2.17. The summed E-state index contributed by atoms with van der Waals surface area (Å²) in [4.78, 5) is 24.5. The molecule has 7 nitrogen and oxygen atoms in total. The molecular weight excluding hydrogens is 330 g/mol. The van der Waals surface area contributed by atoms with E-state index in [4.69, 9.17) is 0 Å². The number of nitrogens with zero attached hydrogens (tertiary/aromatic N) is 3. The molecule has 26 heavy (non-hydrogen) atoms. The number of benzene rings is 1. The molecule has 0 aliphatic carbocycles. The lowest BCUT2D eigenvalue weighted by Crippen LogP contribution is -2.33. The molecule has 3 aromatic rings. The Morgan fingerprint density at radius 2 is 2.15 bits per heavy atom. The number of carbonyl (C=O) groups is 1. The van der Waals surface area contributed by atoms with Gasteiger partial charge >= 0.3 is 0 Å². The predicted molar refractivity (Wildman–Crippen MR) is 98.8 cm³/mol. The van der Waals surface area contributed by atoms with E-state index in [-0.39, 0.29) is 17.5 Å². The smallest absolute Gasteiger partial charge is 0.272 e. The number of nitrogens with one attached hydrogen (secondary N) is 2. The third-order valence-electron chi connectivity index (χ3n) is 4.10. The van der Waals surface area contributed by atoms with Crippen LogP contribution in [0.2, 0.25) is 0 Å². The van der Waals surface area contributed by atoms with Gasteiger partial charge in [0.25, 0.3) is 11.5 Å². The van der Waals surface area contributed by atoms with E-state index in [1.165, 1.54) is 0 Å². The van der Waals surface area contributed by atoms with Crippen molar-refractivity contribution in [2.75, 3.05) is 0 Å². The molecule has 2 N–H and O–H groups in total. The number of H-pyrrole nitrogens is 1. The maximum Gasteiger partial charge on any atom is 0.272 e. The standard InChI is InChI=1S/C19H21N5O2/c1-13(7-10-24-9-4-8-20-24)21-18(25)16-6-3-5-15(12-16)17-11-14(2)22-23-19(17)26/h3-6,8-9,11-13H,7,10H2,1-2H3,(H,21,25)(H,23,26). The Morgan fingerprint density at radius 3 is 2.92 bits per heavy atom. The highest BCUT2D eigenvalue weighted by atomic mass is 16.1. The Hall–Kier alpha value is -3.22. The van der Waals surface area contributed by atoms with Crippen LogP contribution in [-0.2, 0) is 6.54 Å². The molecule has 1 unspecified atom stereocenters. The first-order valence-corrected chi connectivity index (χ1v) is 8.48. The number of aromatic nitrogens is 4. The number of hydrogen-bond donors (Lipinski definition) is 2. The van der Waals surface area contributed by atoms with E-state index in [2.05, 4.69) is 20.6 Å². The summed E-state index contributed by atoms with van der Waals surface area (Å²) in [6, 6.07) is 10.6. The fraction of sp³-hybridized carbons (Fsp3) is 0.263. The van der Waals surface area contributed by atoms with Crippen molar-refractivity contribution in [3.8, 4) is 11.1 Å². The molecule has 1 atom stereocenters. The molecule has 0 radical (unpaired) electrons. The van der Waals surface area contributed by atoms with Gasteiger partial charge in [-0.2, -0.15) is 10.2 Å². The highest BCUT2D eigenvalue weighted by Gasteiger charge is 2.12. The summed E-state index contributed by atoms with van der Waals surface area (Å²) in [5, 5.41) is 13.5. The number of aromatic amines is 1. The van der Waals surface area contributed by atoms with Crippen LogP contribution < -0.4 is 10.9 Å². The SMILES string of the molecule is Cc1cc(-c2cccc(C(=O)NC(C)CCn3cccn3)c2)c(=O)[nH]n1. The Bertz CT molecular complexity index is 947. The molecule has 1 amide bonds. The maximum absolute atomic E-state index is 12.5. The van der Waals surface area contributed by atoms with Crippen molar-refractivity contribution < 1.29 is 4.79 Å². The molecule has 0 saturated carbocycles. The lowest BCUT2D eigenvalue weighted by Gasteiger charge is -2.14. The molecule has 1 aromatic carbocycles. The van der Waals surface area contributed by atoms with Crippen molar-refractivity contribution in [2.45, 2.75) is 32.9 Å². The van der Waals surface area contributed by atoms with E-state index in [9.17, 15) is 9.59 Å². The first-order chi connectivity index (χ1) is 12.5. The first-order valence-electron chi connectivity index (χ1n) is 8.48. The van der Waals surface area contributed by atoms with E-state index < -0.39 is 0 Å². The minimum absolute atomic E-state index is 0.00179. The normalized spacial score (nSPS) is 11.9. The summed E-state index contributed by atoms with van der Waals surface area (Å²) in [7, 11) is 0. The quantitative estimate of drug-likeness (QED) is 0.712. The second kappa shape index (κ2) is 7.77. The summed E-state index contributed by atoms with van der Waals surface area (Å²) >= 11 is 0. The Kier molecular flexibility index (Phi) is 5.26. The van der Waals surface area contributed by atoms with Gasteiger partial charge in [0.05, 0.1) is 11.3 Å². The molecule has 0 saturated heterocycles. The van der Waals surface area contributed by atoms with Gasteiger partial charge in [-0.3, -0.25) is 14.3 Å². The van der Waals surface area contributed by atoms with Crippen LogP contribution in [-0.4, -0.2) is 31.9 Å². The third kappa shape index (κ3) is 4.24. The van der Waals surface area contributed by atoms with Gasteiger partial charge in [0, 0.05) is 30.5 Å². The second-order valence-corrected chi connectivity index (χ2v) is 6.27. The number of hydrogen-bond acceptors (Lipinski definition) is 4. The summed E-state index contributed by atoms with van der Waals surface area (Å²) in [6.07, 6.45) is 4.40. The topological polar surface area (TPSA) is 92.7 Å². The average molecular weight is 351 g/mol. The number of rotatable bonds is 6. The Balaban J connectivity index is 1.70. The van der Waals surface area contributed by atoms with Crippen molar-refractivity contribution in [3.63, 3.8) is 0 Å². The zero-order valence-electron chi connectivity index (χ0n) is 14.8. The van der Waals surface area contributed by atoms with Crippen LogP contribution in [0.15, 0.2) is 53.6 Å². The molecule has 7 heteroatoms. The van der Waals surface area contributed by atoms with E-state index in [0.717, 1.165) is 13.0 Å². The minimum atomic E-state index is -0.277. The Morgan fingerprint density at radius 1 is 1.31 bits per heavy atom. The number of aryl methyl sites for hydroxylation is 2. The van der Waals surface area contributed by atoms with Gasteiger partial charge in [-0.1, -0.05) is 12.1 Å². The van der Waals surface area contributed by atoms with Gasteiger partial charge in [-0.15, -0.1) is 0 Å². The fourth-order valence-corrected chi connectivity index (χ4v) is 2.69. The zero-order valence-corrected chi connectivity index (χ0v) is 14.8. The van der Waals surface area contributed by atoms with Crippen LogP contribution in [0.3, 0.4) is 0 Å². The molecular formula is C19H21N5O2. The van der Waals surface area contributed by atoms with Crippen molar-refractivity contribution in [3.05, 3.63) is 70.4 Å². The summed E-state index contributed by atoms with van der Waals surface area (Å²) in [5.74, 6) is -0.165. The van der Waals surface area contributed by atoms with Crippen LogP contribution in [0.25, 0.3) is 11.1 Å². The number of amides is 1. The Labute approximate surface area is 151 Å². The van der Waals surface area contributed by atoms with Crippen molar-refractivity contribution in [1.82, 2.24) is 25.3 Å². The monoisotopic (exact) mass is 351 g/mol. The lowest BCUT2D eigenvalue weighted by atomic mass is 10.0. The van der Waals surface area contributed by atoms with Crippen molar-refractivity contribution in [1.29, 1.82) is 0 Å². The molecule has 0 spiro atoms. The van der Waals surface area contributed by atoms with Crippen LogP contribution in [0.1, 0.15) is 29.4 Å². The second-order valence-electron chi connectivity index (χ2n) is 6.27. The molecule has 0 aliphatic heterocycles. The highest BCUT2D eigenvalue weighted by molar-refractivity contribution is 5.95. The molecule has 0 aliphatic rings. The fourth-order valence-electron chi connectivity index (χ4n) is 2.69. The average Bonchev–Trinajstić information content (AvgIpc) is 3.16. The largest absolute Gasteiger partial charge is 0.350 e. The summed E-state index contributed by atoms with van der Waals surface area (Å²) < 4.78 is 1.83.